The van der Waals surface area contributed by atoms with Gasteiger partial charge in [-0.2, -0.15) is 5.26 Å². The van der Waals surface area contributed by atoms with Crippen molar-refractivity contribution in [2.24, 2.45) is 0 Å². The highest BCUT2D eigenvalue weighted by molar-refractivity contribution is 7.18. The topological polar surface area (TPSA) is 62.5 Å². The summed E-state index contributed by atoms with van der Waals surface area (Å²) in [5.41, 5.74) is 4.64. The molecule has 112 valence electrons. The van der Waals surface area contributed by atoms with Crippen LogP contribution in [0.1, 0.15) is 35.6 Å². The lowest BCUT2D eigenvalue weighted by molar-refractivity contribution is 1.05. The van der Waals surface area contributed by atoms with E-state index in [0.717, 1.165) is 32.4 Å². The molecule has 4 rings (SSSR count). The molecule has 1 saturated carbocycles. The van der Waals surface area contributed by atoms with Crippen LogP contribution in [0.25, 0.3) is 21.1 Å². The molecule has 0 amide bonds. The molecule has 0 bridgehead atoms. The van der Waals surface area contributed by atoms with Gasteiger partial charge in [-0.1, -0.05) is 0 Å². The molecule has 1 aliphatic carbocycles. The molecule has 3 heterocycles. The van der Waals surface area contributed by atoms with Gasteiger partial charge < -0.3 is 0 Å². The number of hydrogen-bond donors (Lipinski definition) is 0. The van der Waals surface area contributed by atoms with E-state index in [1.54, 1.807) is 29.8 Å². The van der Waals surface area contributed by atoms with Gasteiger partial charge in [0.15, 0.2) is 0 Å². The van der Waals surface area contributed by atoms with Crippen molar-refractivity contribution in [3.63, 3.8) is 0 Å². The normalized spacial score (nSPS) is 13.7. The zero-order valence-corrected chi connectivity index (χ0v) is 13.5. The third-order valence-electron chi connectivity index (χ3n) is 4.07. The van der Waals surface area contributed by atoms with Crippen molar-refractivity contribution in [3.8, 4) is 27.2 Å². The first-order valence-corrected chi connectivity index (χ1v) is 8.36. The van der Waals surface area contributed by atoms with Crippen molar-refractivity contribution in [2.45, 2.75) is 25.7 Å². The fourth-order valence-electron chi connectivity index (χ4n) is 2.63. The maximum atomic E-state index is 9.27. The summed E-state index contributed by atoms with van der Waals surface area (Å²) >= 11 is 1.64. The second-order valence-corrected chi connectivity index (χ2v) is 6.69. The molecular formula is C18H14N4S. The average Bonchev–Trinajstić information content (AvgIpc) is 3.35. The van der Waals surface area contributed by atoms with E-state index in [4.69, 9.17) is 4.98 Å². The van der Waals surface area contributed by atoms with E-state index in [-0.39, 0.29) is 0 Å². The van der Waals surface area contributed by atoms with Gasteiger partial charge in [0, 0.05) is 30.1 Å². The first-order chi connectivity index (χ1) is 11.3. The zero-order chi connectivity index (χ0) is 15.8. The second-order valence-electron chi connectivity index (χ2n) is 5.69. The lowest BCUT2D eigenvalue weighted by atomic mass is 10.1. The van der Waals surface area contributed by atoms with Crippen LogP contribution in [0.5, 0.6) is 0 Å². The van der Waals surface area contributed by atoms with Crippen LogP contribution in [0, 0.1) is 18.3 Å². The molecule has 3 aromatic heterocycles. The minimum absolute atomic E-state index is 0.526. The summed E-state index contributed by atoms with van der Waals surface area (Å²) in [5.74, 6) is 0.526. The Hall–Kier alpha value is -2.58. The van der Waals surface area contributed by atoms with E-state index >= 15 is 0 Å². The van der Waals surface area contributed by atoms with E-state index in [2.05, 4.69) is 16.0 Å². The standard InChI is InChI=1S/C18H14N4S/c1-11-13(9-19)6-8-21-15(11)17-16(12-4-5-12)22-18(23-17)14-3-2-7-20-10-14/h2-3,6-8,10,12H,4-5H2,1H3. The summed E-state index contributed by atoms with van der Waals surface area (Å²) in [6.45, 7) is 1.96. The smallest absolute Gasteiger partial charge is 0.125 e. The van der Waals surface area contributed by atoms with Crippen molar-refractivity contribution in [2.75, 3.05) is 0 Å². The van der Waals surface area contributed by atoms with E-state index < -0.39 is 0 Å². The van der Waals surface area contributed by atoms with Crippen LogP contribution >= 0.6 is 11.3 Å². The number of nitrogens with zero attached hydrogens (tertiary/aromatic N) is 4. The quantitative estimate of drug-likeness (QED) is 0.721. The highest BCUT2D eigenvalue weighted by Crippen LogP contribution is 2.47. The average molecular weight is 318 g/mol. The van der Waals surface area contributed by atoms with Crippen LogP contribution in [0.4, 0.5) is 0 Å². The molecule has 0 saturated heterocycles. The highest BCUT2D eigenvalue weighted by atomic mass is 32.1. The van der Waals surface area contributed by atoms with Gasteiger partial charge in [0.25, 0.3) is 0 Å². The minimum Gasteiger partial charge on any atom is -0.264 e. The predicted molar refractivity (Wildman–Crippen MR) is 90.0 cm³/mol. The number of rotatable bonds is 3. The molecule has 0 spiro atoms. The minimum atomic E-state index is 0.526. The Bertz CT molecular complexity index is 905. The fraction of sp³-hybridized carbons (Fsp3) is 0.222. The second kappa shape index (κ2) is 5.56. The molecule has 0 unspecified atom stereocenters. The first kappa shape index (κ1) is 14.0. The van der Waals surface area contributed by atoms with Gasteiger partial charge in [0.2, 0.25) is 0 Å². The molecule has 0 atom stereocenters. The Morgan fingerprint density at radius 1 is 1.26 bits per heavy atom. The van der Waals surface area contributed by atoms with Crippen LogP contribution in [0.15, 0.2) is 36.8 Å². The summed E-state index contributed by atoms with van der Waals surface area (Å²) in [4.78, 5) is 14.7. The molecule has 1 fully saturated rings. The van der Waals surface area contributed by atoms with E-state index in [9.17, 15) is 5.26 Å². The number of hydrogen-bond acceptors (Lipinski definition) is 5. The Labute approximate surface area is 138 Å². The van der Waals surface area contributed by atoms with Crippen LogP contribution in [-0.4, -0.2) is 15.0 Å². The van der Waals surface area contributed by atoms with Gasteiger partial charge in [-0.25, -0.2) is 4.98 Å². The third kappa shape index (κ3) is 2.51. The van der Waals surface area contributed by atoms with Crippen LogP contribution in [-0.2, 0) is 0 Å². The van der Waals surface area contributed by atoms with E-state index in [1.807, 2.05) is 25.3 Å². The molecule has 0 radical (unpaired) electrons. The van der Waals surface area contributed by atoms with Crippen molar-refractivity contribution < 1.29 is 0 Å². The highest BCUT2D eigenvalue weighted by Gasteiger charge is 2.31. The number of thiazole rings is 1. The number of pyridine rings is 2. The lowest BCUT2D eigenvalue weighted by Crippen LogP contribution is -1.93. The molecule has 1 aliphatic rings. The SMILES string of the molecule is Cc1c(C#N)ccnc1-c1sc(-c2cccnc2)nc1C1CC1. The Balaban J connectivity index is 1.89. The van der Waals surface area contributed by atoms with Gasteiger partial charge in [0.05, 0.1) is 27.9 Å². The summed E-state index contributed by atoms with van der Waals surface area (Å²) in [5, 5.41) is 10.2. The van der Waals surface area contributed by atoms with E-state index in [1.165, 1.54) is 12.8 Å². The summed E-state index contributed by atoms with van der Waals surface area (Å²) in [6.07, 6.45) is 7.68. The lowest BCUT2D eigenvalue weighted by Gasteiger charge is -2.05. The number of nitriles is 1. The Morgan fingerprint density at radius 3 is 2.83 bits per heavy atom. The van der Waals surface area contributed by atoms with Gasteiger partial charge in [0.1, 0.15) is 5.01 Å². The third-order valence-corrected chi connectivity index (χ3v) is 5.19. The molecule has 5 heteroatoms. The van der Waals surface area contributed by atoms with Crippen molar-refractivity contribution in [1.82, 2.24) is 15.0 Å². The van der Waals surface area contributed by atoms with Crippen molar-refractivity contribution >= 4 is 11.3 Å². The molecular weight excluding hydrogens is 304 g/mol. The molecule has 0 aliphatic heterocycles. The fourth-order valence-corrected chi connectivity index (χ4v) is 3.83. The van der Waals surface area contributed by atoms with Gasteiger partial charge in [-0.15, -0.1) is 11.3 Å². The summed E-state index contributed by atoms with van der Waals surface area (Å²) in [7, 11) is 0. The molecule has 0 aromatic carbocycles. The van der Waals surface area contributed by atoms with E-state index in [0.29, 0.717) is 11.5 Å². The van der Waals surface area contributed by atoms with Crippen molar-refractivity contribution in [1.29, 1.82) is 5.26 Å². The maximum absolute atomic E-state index is 9.27. The van der Waals surface area contributed by atoms with Crippen molar-refractivity contribution in [3.05, 3.63) is 53.6 Å². The first-order valence-electron chi connectivity index (χ1n) is 7.55. The van der Waals surface area contributed by atoms with Crippen LogP contribution in [0.3, 0.4) is 0 Å². The molecule has 4 nitrogen and oxygen atoms in total. The molecule has 0 N–H and O–H groups in total. The molecule has 23 heavy (non-hydrogen) atoms. The Kier molecular flexibility index (Phi) is 3.40. The predicted octanol–water partition coefficient (Wildman–Crippen LogP) is 4.32. The Morgan fingerprint density at radius 2 is 2.13 bits per heavy atom. The number of aromatic nitrogens is 3. The van der Waals surface area contributed by atoms with Crippen LogP contribution < -0.4 is 0 Å². The summed E-state index contributed by atoms with van der Waals surface area (Å²) in [6, 6.07) is 7.95. The summed E-state index contributed by atoms with van der Waals surface area (Å²) < 4.78 is 0. The van der Waals surface area contributed by atoms with Gasteiger partial charge >= 0.3 is 0 Å². The zero-order valence-electron chi connectivity index (χ0n) is 12.7. The van der Waals surface area contributed by atoms with Crippen LogP contribution in [0.2, 0.25) is 0 Å². The monoisotopic (exact) mass is 318 g/mol. The van der Waals surface area contributed by atoms with Gasteiger partial charge in [-0.05, 0) is 43.5 Å². The maximum Gasteiger partial charge on any atom is 0.125 e. The van der Waals surface area contributed by atoms with Gasteiger partial charge in [-0.3, -0.25) is 9.97 Å². The molecule has 3 aromatic rings. The largest absolute Gasteiger partial charge is 0.264 e.